The van der Waals surface area contributed by atoms with E-state index in [1.54, 1.807) is 20.4 Å². The molecule has 0 aliphatic heterocycles. The number of aryl methyl sites for hydroxylation is 1. The molecule has 9 heteroatoms. The molecule has 8 nitrogen and oxygen atoms in total. The zero-order chi connectivity index (χ0) is 20.5. The van der Waals surface area contributed by atoms with E-state index in [9.17, 15) is 4.79 Å². The summed E-state index contributed by atoms with van der Waals surface area (Å²) < 4.78 is 2.01. The van der Waals surface area contributed by atoms with E-state index in [4.69, 9.17) is 11.6 Å². The summed E-state index contributed by atoms with van der Waals surface area (Å²) in [6, 6.07) is 7.68. The topological polar surface area (TPSA) is 78.6 Å². The van der Waals surface area contributed by atoms with Crippen molar-refractivity contribution in [2.45, 2.75) is 26.4 Å². The summed E-state index contributed by atoms with van der Waals surface area (Å²) in [5.74, 6) is 1.56. The molecule has 0 radical (unpaired) electrons. The Morgan fingerprint density at radius 3 is 2.61 bits per heavy atom. The number of aromatic nitrogens is 3. The third-order valence-electron chi connectivity index (χ3n) is 4.21. The van der Waals surface area contributed by atoms with E-state index in [1.807, 2.05) is 47.7 Å². The molecule has 0 unspecified atom stereocenters. The second-order valence-electron chi connectivity index (χ2n) is 6.63. The molecular weight excluding hydrogens is 378 g/mol. The van der Waals surface area contributed by atoms with E-state index in [2.05, 4.69) is 20.5 Å². The lowest BCUT2D eigenvalue weighted by Crippen LogP contribution is -2.41. The SMILES string of the molecule is CCc1nncn1CCNC(=NCC(=O)N(C)C)N(C)Cc1ccc(Cl)cc1. The normalized spacial score (nSPS) is 11.4. The fourth-order valence-corrected chi connectivity index (χ4v) is 2.69. The van der Waals surface area contributed by atoms with Crippen LogP contribution in [0, 0.1) is 0 Å². The second-order valence-corrected chi connectivity index (χ2v) is 7.07. The highest BCUT2D eigenvalue weighted by Gasteiger charge is 2.10. The molecule has 0 aliphatic carbocycles. The van der Waals surface area contributed by atoms with Crippen LogP contribution in [0.2, 0.25) is 5.02 Å². The first-order valence-corrected chi connectivity index (χ1v) is 9.59. The van der Waals surface area contributed by atoms with Crippen LogP contribution in [0.15, 0.2) is 35.6 Å². The van der Waals surface area contributed by atoms with Gasteiger partial charge in [-0.1, -0.05) is 30.7 Å². The van der Waals surface area contributed by atoms with Crippen molar-refractivity contribution in [2.75, 3.05) is 34.2 Å². The van der Waals surface area contributed by atoms with Crippen LogP contribution in [0.1, 0.15) is 18.3 Å². The van der Waals surface area contributed by atoms with Crippen molar-refractivity contribution in [3.8, 4) is 0 Å². The number of carbonyl (C=O) groups is 1. The van der Waals surface area contributed by atoms with Crippen LogP contribution in [0.3, 0.4) is 0 Å². The van der Waals surface area contributed by atoms with Crippen molar-refractivity contribution in [1.82, 2.24) is 29.9 Å². The van der Waals surface area contributed by atoms with Crippen molar-refractivity contribution < 1.29 is 4.79 Å². The van der Waals surface area contributed by atoms with Gasteiger partial charge >= 0.3 is 0 Å². The van der Waals surface area contributed by atoms with Crippen molar-refractivity contribution in [2.24, 2.45) is 4.99 Å². The Morgan fingerprint density at radius 2 is 1.96 bits per heavy atom. The van der Waals surface area contributed by atoms with Crippen LogP contribution in [0.25, 0.3) is 0 Å². The van der Waals surface area contributed by atoms with Gasteiger partial charge in [0.05, 0.1) is 0 Å². The van der Waals surface area contributed by atoms with E-state index in [-0.39, 0.29) is 12.5 Å². The quantitative estimate of drug-likeness (QED) is 0.533. The zero-order valence-electron chi connectivity index (χ0n) is 16.9. The summed E-state index contributed by atoms with van der Waals surface area (Å²) in [5.41, 5.74) is 1.10. The summed E-state index contributed by atoms with van der Waals surface area (Å²) in [6.45, 7) is 4.14. The smallest absolute Gasteiger partial charge is 0.243 e. The molecule has 0 fully saturated rings. The molecule has 1 aromatic heterocycles. The first kappa shape index (κ1) is 21.7. The summed E-state index contributed by atoms with van der Waals surface area (Å²) in [5, 5.41) is 12.1. The van der Waals surface area contributed by atoms with Crippen LogP contribution in [0.4, 0.5) is 0 Å². The third kappa shape index (κ3) is 6.53. The highest BCUT2D eigenvalue weighted by Crippen LogP contribution is 2.11. The van der Waals surface area contributed by atoms with Gasteiger partial charge in [0.1, 0.15) is 18.7 Å². The van der Waals surface area contributed by atoms with E-state index >= 15 is 0 Å². The second kappa shape index (κ2) is 10.7. The number of benzene rings is 1. The van der Waals surface area contributed by atoms with Crippen LogP contribution >= 0.6 is 11.6 Å². The van der Waals surface area contributed by atoms with E-state index in [1.165, 1.54) is 4.90 Å². The zero-order valence-corrected chi connectivity index (χ0v) is 17.6. The average Bonchev–Trinajstić information content (AvgIpc) is 3.13. The number of rotatable bonds is 8. The lowest BCUT2D eigenvalue weighted by atomic mass is 10.2. The third-order valence-corrected chi connectivity index (χ3v) is 4.46. The van der Waals surface area contributed by atoms with Gasteiger partial charge in [-0.25, -0.2) is 4.99 Å². The molecule has 152 valence electrons. The highest BCUT2D eigenvalue weighted by atomic mass is 35.5. The van der Waals surface area contributed by atoms with Gasteiger partial charge in [0.15, 0.2) is 5.96 Å². The first-order valence-electron chi connectivity index (χ1n) is 9.21. The number of aliphatic imine (C=N–C) groups is 1. The molecule has 0 saturated heterocycles. The molecule has 0 bridgehead atoms. The predicted octanol–water partition coefficient (Wildman–Crippen LogP) is 1.66. The Kier molecular flexibility index (Phi) is 8.25. The van der Waals surface area contributed by atoms with Crippen molar-refractivity contribution in [3.63, 3.8) is 0 Å². The molecular formula is C19H28ClN7O. The van der Waals surface area contributed by atoms with E-state index in [0.29, 0.717) is 30.6 Å². The van der Waals surface area contributed by atoms with Crippen molar-refractivity contribution in [1.29, 1.82) is 0 Å². The Hall–Kier alpha value is -2.61. The maximum Gasteiger partial charge on any atom is 0.243 e. The Morgan fingerprint density at radius 1 is 1.25 bits per heavy atom. The standard InChI is InChI=1S/C19H28ClN7O/c1-5-17-24-23-14-27(17)11-10-21-19(22-12-18(28)25(2)3)26(4)13-15-6-8-16(20)9-7-15/h6-9,14H,5,10-13H2,1-4H3,(H,21,22). The number of carbonyl (C=O) groups excluding carboxylic acids is 1. The number of amides is 1. The Bertz CT molecular complexity index is 786. The average molecular weight is 406 g/mol. The molecule has 1 aromatic carbocycles. The summed E-state index contributed by atoms with van der Waals surface area (Å²) >= 11 is 5.96. The minimum Gasteiger partial charge on any atom is -0.354 e. The van der Waals surface area contributed by atoms with Gasteiger partial charge in [0.2, 0.25) is 5.91 Å². The maximum atomic E-state index is 11.9. The number of halogens is 1. The van der Waals surface area contributed by atoms with Crippen molar-refractivity contribution in [3.05, 3.63) is 47.0 Å². The van der Waals surface area contributed by atoms with Crippen LogP contribution in [-0.4, -0.2) is 70.7 Å². The predicted molar refractivity (Wildman–Crippen MR) is 111 cm³/mol. The maximum absolute atomic E-state index is 11.9. The van der Waals surface area contributed by atoms with Gasteiger partial charge in [0, 0.05) is 52.2 Å². The number of nitrogens with zero attached hydrogens (tertiary/aromatic N) is 6. The van der Waals surface area contributed by atoms with Gasteiger partial charge < -0.3 is 19.7 Å². The summed E-state index contributed by atoms with van der Waals surface area (Å²) in [4.78, 5) is 20.0. The number of guanidine groups is 1. The van der Waals surface area contributed by atoms with Gasteiger partial charge in [-0.05, 0) is 17.7 Å². The fourth-order valence-electron chi connectivity index (χ4n) is 2.56. The number of hydrogen-bond donors (Lipinski definition) is 1. The Labute approximate surface area is 171 Å². The largest absolute Gasteiger partial charge is 0.354 e. The Balaban J connectivity index is 2.03. The van der Waals surface area contributed by atoms with Crippen LogP contribution in [-0.2, 0) is 24.3 Å². The molecule has 1 amide bonds. The number of hydrogen-bond acceptors (Lipinski definition) is 4. The lowest BCUT2D eigenvalue weighted by Gasteiger charge is -2.23. The molecule has 2 aromatic rings. The van der Waals surface area contributed by atoms with Crippen LogP contribution in [0.5, 0.6) is 0 Å². The molecule has 1 N–H and O–H groups in total. The number of likely N-dealkylation sites (N-methyl/N-ethyl adjacent to an activating group) is 1. The molecule has 0 atom stereocenters. The lowest BCUT2D eigenvalue weighted by molar-refractivity contribution is -0.127. The monoisotopic (exact) mass is 405 g/mol. The molecule has 1 heterocycles. The minimum absolute atomic E-state index is 0.0497. The molecule has 0 spiro atoms. The molecule has 0 aliphatic rings. The molecule has 0 saturated carbocycles. The molecule has 28 heavy (non-hydrogen) atoms. The van der Waals surface area contributed by atoms with Crippen LogP contribution < -0.4 is 5.32 Å². The molecule has 2 rings (SSSR count). The van der Waals surface area contributed by atoms with E-state index < -0.39 is 0 Å². The number of nitrogens with one attached hydrogen (secondary N) is 1. The van der Waals surface area contributed by atoms with Gasteiger partial charge in [-0.2, -0.15) is 0 Å². The van der Waals surface area contributed by atoms with Crippen molar-refractivity contribution >= 4 is 23.5 Å². The van der Waals surface area contributed by atoms with Gasteiger partial charge in [0.25, 0.3) is 0 Å². The summed E-state index contributed by atoms with van der Waals surface area (Å²) in [7, 11) is 5.39. The van der Waals surface area contributed by atoms with Gasteiger partial charge in [-0.3, -0.25) is 4.79 Å². The van der Waals surface area contributed by atoms with Gasteiger partial charge in [-0.15, -0.1) is 10.2 Å². The summed E-state index contributed by atoms with van der Waals surface area (Å²) in [6.07, 6.45) is 2.55. The first-order chi connectivity index (χ1) is 13.4. The highest BCUT2D eigenvalue weighted by molar-refractivity contribution is 6.30. The fraction of sp³-hybridized carbons (Fsp3) is 0.474. The van der Waals surface area contributed by atoms with E-state index in [0.717, 1.165) is 17.8 Å². The minimum atomic E-state index is -0.0497.